The molecule has 0 aliphatic carbocycles. The van der Waals surface area contributed by atoms with Crippen LogP contribution in [0, 0.1) is 0 Å². The smallest absolute Gasteiger partial charge is 0.0138 e. The molecule has 1 aromatic carbocycles. The first kappa shape index (κ1) is 7.52. The van der Waals surface area contributed by atoms with E-state index in [1.54, 1.807) is 0 Å². The Morgan fingerprint density at radius 2 is 1.50 bits per heavy atom. The van der Waals surface area contributed by atoms with Crippen molar-refractivity contribution in [1.29, 1.82) is 0 Å². The van der Waals surface area contributed by atoms with Gasteiger partial charge >= 0.3 is 0 Å². The van der Waals surface area contributed by atoms with E-state index in [4.69, 9.17) is 0 Å². The Bertz CT molecular complexity index is 302. The third kappa shape index (κ3) is 1.54. The van der Waals surface area contributed by atoms with E-state index in [0.717, 1.165) is 0 Å². The third-order valence-electron chi connectivity index (χ3n) is 1.77. The van der Waals surface area contributed by atoms with Crippen molar-refractivity contribution in [3.05, 3.63) is 54.1 Å². The maximum Gasteiger partial charge on any atom is -0.0138 e. The Kier molecular flexibility index (Phi) is 2.20. The van der Waals surface area contributed by atoms with Gasteiger partial charge in [0.15, 0.2) is 0 Å². The number of hydrogen-bond donors (Lipinski definition) is 0. The zero-order chi connectivity index (χ0) is 8.23. The molecule has 0 amide bonds. The van der Waals surface area contributed by atoms with E-state index in [1.165, 1.54) is 19.3 Å². The Labute approximate surface area is 74.0 Å². The molecule has 0 saturated carbocycles. The molecule has 0 nitrogen and oxygen atoms in total. The fourth-order valence-corrected chi connectivity index (χ4v) is 1.83. The van der Waals surface area contributed by atoms with E-state index in [-0.39, 0.29) is 0 Å². The molecule has 0 spiro atoms. The predicted molar refractivity (Wildman–Crippen MR) is 54.4 cm³/mol. The molecule has 0 unspecified atom stereocenters. The van der Waals surface area contributed by atoms with E-state index in [9.17, 15) is 0 Å². The minimum Gasteiger partial charge on any atom is -0.0758 e. The standard InChI is InChI=1S/C11H9P/c1-2-5-10(6-3-1)11-7-4-8-12-9-11/h1-9H. The molecule has 0 N–H and O–H groups in total. The molecule has 0 saturated heterocycles. The van der Waals surface area contributed by atoms with E-state index in [2.05, 4.69) is 48.0 Å². The van der Waals surface area contributed by atoms with Gasteiger partial charge in [0.05, 0.1) is 0 Å². The second kappa shape index (κ2) is 3.51. The van der Waals surface area contributed by atoms with Crippen molar-refractivity contribution < 1.29 is 0 Å². The first-order valence-electron chi connectivity index (χ1n) is 3.92. The molecule has 0 atom stereocenters. The summed E-state index contributed by atoms with van der Waals surface area (Å²) in [5.41, 5.74) is 2.62. The highest BCUT2D eigenvalue weighted by molar-refractivity contribution is 7.28. The highest BCUT2D eigenvalue weighted by atomic mass is 31.0. The highest BCUT2D eigenvalue weighted by Gasteiger charge is 1.92. The molecule has 0 bridgehead atoms. The van der Waals surface area contributed by atoms with Gasteiger partial charge in [0.25, 0.3) is 0 Å². The normalized spacial score (nSPS) is 10.3. The van der Waals surface area contributed by atoms with Gasteiger partial charge in [0.2, 0.25) is 0 Å². The second-order valence-electron chi connectivity index (χ2n) is 2.61. The summed E-state index contributed by atoms with van der Waals surface area (Å²) >= 11 is 0. The molecule has 2 aromatic rings. The van der Waals surface area contributed by atoms with Gasteiger partial charge < -0.3 is 0 Å². The molecular formula is C11H9P. The van der Waals surface area contributed by atoms with Gasteiger partial charge in [-0.05, 0) is 22.7 Å². The largest absolute Gasteiger partial charge is 0.0758 e. The Morgan fingerprint density at radius 1 is 0.750 bits per heavy atom. The van der Waals surface area contributed by atoms with Crippen molar-refractivity contribution in [2.45, 2.75) is 0 Å². The summed E-state index contributed by atoms with van der Waals surface area (Å²) in [6.45, 7) is 0. The van der Waals surface area contributed by atoms with Gasteiger partial charge in [0, 0.05) is 0 Å². The average molecular weight is 172 g/mol. The lowest BCUT2D eigenvalue weighted by molar-refractivity contribution is 1.66. The number of rotatable bonds is 1. The van der Waals surface area contributed by atoms with E-state index < -0.39 is 0 Å². The Balaban J connectivity index is 2.46. The zero-order valence-electron chi connectivity index (χ0n) is 6.64. The maximum atomic E-state index is 2.22. The minimum atomic E-state index is 1.28. The van der Waals surface area contributed by atoms with Crippen LogP contribution in [0.1, 0.15) is 0 Å². The summed E-state index contributed by atoms with van der Waals surface area (Å²) < 4.78 is 0. The van der Waals surface area contributed by atoms with E-state index in [0.29, 0.717) is 0 Å². The fourth-order valence-electron chi connectivity index (χ4n) is 1.16. The molecule has 1 heteroatoms. The van der Waals surface area contributed by atoms with Gasteiger partial charge in [-0.25, -0.2) is 0 Å². The van der Waals surface area contributed by atoms with Gasteiger partial charge in [-0.1, -0.05) is 50.7 Å². The molecular weight excluding hydrogens is 163 g/mol. The number of hydrogen-bond acceptors (Lipinski definition) is 0. The average Bonchev–Trinajstić information content (AvgIpc) is 2.21. The lowest BCUT2D eigenvalue weighted by Crippen LogP contribution is -1.71. The summed E-state index contributed by atoms with van der Waals surface area (Å²) in [7, 11) is 1.28. The van der Waals surface area contributed by atoms with Gasteiger partial charge in [0.1, 0.15) is 0 Å². The van der Waals surface area contributed by atoms with Gasteiger partial charge in [-0.3, -0.25) is 0 Å². The van der Waals surface area contributed by atoms with Crippen molar-refractivity contribution in [3.63, 3.8) is 0 Å². The minimum absolute atomic E-state index is 1.28. The molecule has 58 valence electrons. The third-order valence-corrected chi connectivity index (χ3v) is 2.54. The van der Waals surface area contributed by atoms with Gasteiger partial charge in [-0.15, -0.1) is 0 Å². The lowest BCUT2D eigenvalue weighted by Gasteiger charge is -1.98. The van der Waals surface area contributed by atoms with E-state index in [1.807, 2.05) is 6.07 Å². The molecule has 12 heavy (non-hydrogen) atoms. The van der Waals surface area contributed by atoms with Crippen molar-refractivity contribution in [2.24, 2.45) is 0 Å². The van der Waals surface area contributed by atoms with Crippen LogP contribution in [0.15, 0.2) is 54.1 Å². The summed E-state index contributed by atoms with van der Waals surface area (Å²) in [5, 5.41) is 0. The van der Waals surface area contributed by atoms with Crippen molar-refractivity contribution >= 4 is 8.19 Å². The molecule has 1 aromatic heterocycles. The SMILES string of the molecule is c1ccc(-c2cccpc2)cc1. The van der Waals surface area contributed by atoms with Crippen LogP contribution < -0.4 is 0 Å². The molecule has 0 aliphatic heterocycles. The summed E-state index contributed by atoms with van der Waals surface area (Å²) in [5.74, 6) is 4.35. The zero-order valence-corrected chi connectivity index (χ0v) is 7.54. The van der Waals surface area contributed by atoms with Crippen LogP contribution in [0.4, 0.5) is 0 Å². The highest BCUT2D eigenvalue weighted by Crippen LogP contribution is 2.21. The quantitative estimate of drug-likeness (QED) is 0.611. The summed E-state index contributed by atoms with van der Waals surface area (Å²) in [6, 6.07) is 14.7. The first-order valence-corrected chi connectivity index (χ1v) is 4.95. The lowest BCUT2D eigenvalue weighted by atomic mass is 10.1. The van der Waals surface area contributed by atoms with Crippen LogP contribution in [0.25, 0.3) is 11.1 Å². The summed E-state index contributed by atoms with van der Waals surface area (Å²) in [6.07, 6.45) is 0. The molecule has 0 aliphatic rings. The molecule has 0 fully saturated rings. The topological polar surface area (TPSA) is 0 Å². The van der Waals surface area contributed by atoms with E-state index >= 15 is 0 Å². The monoisotopic (exact) mass is 172 g/mol. The maximum absolute atomic E-state index is 2.22. The first-order chi connectivity index (χ1) is 5.97. The molecule has 1 heterocycles. The second-order valence-corrected chi connectivity index (χ2v) is 3.46. The predicted octanol–water partition coefficient (Wildman–Crippen LogP) is 3.93. The molecule has 2 rings (SSSR count). The Morgan fingerprint density at radius 3 is 2.17 bits per heavy atom. The Hall–Kier alpha value is -1.13. The van der Waals surface area contributed by atoms with Gasteiger partial charge in [-0.2, -0.15) is 0 Å². The van der Waals surface area contributed by atoms with Crippen molar-refractivity contribution in [3.8, 4) is 11.1 Å². The van der Waals surface area contributed by atoms with Crippen LogP contribution >= 0.6 is 8.19 Å². The van der Waals surface area contributed by atoms with Crippen LogP contribution in [0.2, 0.25) is 0 Å². The van der Waals surface area contributed by atoms with Crippen LogP contribution in [0.5, 0.6) is 0 Å². The van der Waals surface area contributed by atoms with Crippen LogP contribution in [0.3, 0.4) is 0 Å². The molecule has 0 radical (unpaired) electrons. The van der Waals surface area contributed by atoms with Crippen molar-refractivity contribution in [2.75, 3.05) is 0 Å². The number of benzene rings is 1. The van der Waals surface area contributed by atoms with Crippen molar-refractivity contribution in [1.82, 2.24) is 0 Å². The van der Waals surface area contributed by atoms with Crippen LogP contribution in [-0.2, 0) is 0 Å². The fraction of sp³-hybridized carbons (Fsp3) is 0. The summed E-state index contributed by atoms with van der Waals surface area (Å²) in [4.78, 5) is 0. The van der Waals surface area contributed by atoms with Crippen LogP contribution in [-0.4, -0.2) is 0 Å².